The van der Waals surface area contributed by atoms with Crippen LogP contribution in [0.1, 0.15) is 25.5 Å². The second kappa shape index (κ2) is 7.17. The van der Waals surface area contributed by atoms with Gasteiger partial charge in [0.15, 0.2) is 0 Å². The van der Waals surface area contributed by atoms with Crippen molar-refractivity contribution in [3.63, 3.8) is 0 Å². The topological polar surface area (TPSA) is 67.6 Å². The molecule has 22 heavy (non-hydrogen) atoms. The first-order chi connectivity index (χ1) is 10.4. The summed E-state index contributed by atoms with van der Waals surface area (Å²) in [5.74, 6) is -0.605. The molecule has 0 spiro atoms. The molecule has 1 unspecified atom stereocenters. The van der Waals surface area contributed by atoms with Crippen molar-refractivity contribution in [2.75, 3.05) is 32.8 Å². The maximum absolute atomic E-state index is 14.2. The molecule has 0 saturated carbocycles. The van der Waals surface area contributed by atoms with Gasteiger partial charge in [-0.05, 0) is 19.9 Å². The Labute approximate surface area is 130 Å². The van der Waals surface area contributed by atoms with E-state index in [1.165, 1.54) is 6.07 Å². The molecule has 3 N–H and O–H groups in total. The molecule has 1 saturated heterocycles. The molecule has 1 aromatic rings. The third-order valence-corrected chi connectivity index (χ3v) is 3.58. The van der Waals surface area contributed by atoms with Crippen LogP contribution in [0, 0.1) is 5.82 Å². The van der Waals surface area contributed by atoms with Gasteiger partial charge in [0.25, 0.3) is 0 Å². The van der Waals surface area contributed by atoms with Gasteiger partial charge in [0, 0.05) is 30.7 Å². The van der Waals surface area contributed by atoms with Crippen molar-refractivity contribution in [2.45, 2.75) is 25.4 Å². The van der Waals surface area contributed by atoms with E-state index in [0.29, 0.717) is 38.4 Å². The zero-order chi connectivity index (χ0) is 16.2. The molecular formula is C16H24FN3O2. The van der Waals surface area contributed by atoms with Crippen LogP contribution in [0.15, 0.2) is 24.3 Å². The van der Waals surface area contributed by atoms with Gasteiger partial charge in [-0.1, -0.05) is 18.2 Å². The fourth-order valence-electron chi connectivity index (χ4n) is 2.45. The number of rotatable bonds is 5. The number of morpholine rings is 1. The zero-order valence-corrected chi connectivity index (χ0v) is 13.1. The number of hydrogen-bond donors (Lipinski definition) is 2. The lowest BCUT2D eigenvalue weighted by atomic mass is 10.0. The average Bonchev–Trinajstić information content (AvgIpc) is 2.48. The van der Waals surface area contributed by atoms with Gasteiger partial charge in [-0.2, -0.15) is 0 Å². The third kappa shape index (κ3) is 4.50. The molecule has 1 heterocycles. The van der Waals surface area contributed by atoms with E-state index in [4.69, 9.17) is 10.5 Å². The number of carbonyl (C=O) groups is 1. The predicted octanol–water partition coefficient (Wildman–Crippen LogP) is 1.05. The second-order valence-corrected chi connectivity index (χ2v) is 6.28. The molecule has 1 atom stereocenters. The van der Waals surface area contributed by atoms with Crippen LogP contribution in [0.2, 0.25) is 0 Å². The Kier molecular flexibility index (Phi) is 5.50. The van der Waals surface area contributed by atoms with Gasteiger partial charge in [0.1, 0.15) is 11.9 Å². The van der Waals surface area contributed by atoms with Crippen LogP contribution in [0.25, 0.3) is 0 Å². The van der Waals surface area contributed by atoms with E-state index in [0.717, 1.165) is 0 Å². The van der Waals surface area contributed by atoms with Crippen LogP contribution in [0.4, 0.5) is 4.39 Å². The Hall–Kier alpha value is -1.50. The second-order valence-electron chi connectivity index (χ2n) is 6.28. The minimum absolute atomic E-state index is 0.231. The number of nitrogens with zero attached hydrogens (tertiary/aromatic N) is 1. The Balaban J connectivity index is 2.21. The van der Waals surface area contributed by atoms with Crippen molar-refractivity contribution in [1.29, 1.82) is 0 Å². The monoisotopic (exact) mass is 309 g/mol. The lowest BCUT2D eigenvalue weighted by molar-refractivity contribution is -0.128. The van der Waals surface area contributed by atoms with Crippen LogP contribution in [0.5, 0.6) is 0 Å². The molecule has 0 aromatic heterocycles. The number of ether oxygens (including phenoxy) is 1. The van der Waals surface area contributed by atoms with Gasteiger partial charge in [-0.25, -0.2) is 4.39 Å². The first kappa shape index (κ1) is 16.9. The summed E-state index contributed by atoms with van der Waals surface area (Å²) in [6, 6.07) is 5.74. The minimum Gasteiger partial charge on any atom is -0.379 e. The molecule has 1 aliphatic heterocycles. The molecule has 0 radical (unpaired) electrons. The fourth-order valence-corrected chi connectivity index (χ4v) is 2.45. The number of nitrogens with one attached hydrogen (secondary N) is 1. The summed E-state index contributed by atoms with van der Waals surface area (Å²) in [5.41, 5.74) is 5.78. The molecule has 1 aromatic carbocycles. The van der Waals surface area contributed by atoms with Crippen LogP contribution in [0.3, 0.4) is 0 Å². The average molecular weight is 309 g/mol. The van der Waals surface area contributed by atoms with Crippen molar-refractivity contribution in [1.82, 2.24) is 10.2 Å². The van der Waals surface area contributed by atoms with E-state index in [2.05, 4.69) is 5.32 Å². The highest BCUT2D eigenvalue weighted by atomic mass is 19.1. The van der Waals surface area contributed by atoms with Crippen molar-refractivity contribution in [3.05, 3.63) is 35.6 Å². The predicted molar refractivity (Wildman–Crippen MR) is 82.8 cm³/mol. The lowest BCUT2D eigenvalue weighted by Gasteiger charge is -2.34. The number of benzene rings is 1. The number of carbonyl (C=O) groups excluding carboxylic acids is 1. The molecular weight excluding hydrogens is 285 g/mol. The lowest BCUT2D eigenvalue weighted by Crippen LogP contribution is -2.50. The molecule has 6 heteroatoms. The van der Waals surface area contributed by atoms with E-state index < -0.39 is 11.6 Å². The largest absolute Gasteiger partial charge is 0.379 e. The number of amides is 1. The first-order valence-electron chi connectivity index (χ1n) is 7.51. The van der Waals surface area contributed by atoms with Crippen LogP contribution in [-0.2, 0) is 9.53 Å². The summed E-state index contributed by atoms with van der Waals surface area (Å²) in [4.78, 5) is 14.6. The van der Waals surface area contributed by atoms with Gasteiger partial charge >= 0.3 is 0 Å². The minimum atomic E-state index is -0.660. The Bertz CT molecular complexity index is 510. The van der Waals surface area contributed by atoms with Crippen molar-refractivity contribution >= 4 is 5.91 Å². The van der Waals surface area contributed by atoms with Crippen LogP contribution in [-0.4, -0.2) is 49.2 Å². The number of nitrogens with two attached hydrogens (primary N) is 1. The van der Waals surface area contributed by atoms with Crippen molar-refractivity contribution < 1.29 is 13.9 Å². The maximum Gasteiger partial charge on any atom is 0.242 e. The van der Waals surface area contributed by atoms with Gasteiger partial charge in [0.2, 0.25) is 5.91 Å². The van der Waals surface area contributed by atoms with Gasteiger partial charge < -0.3 is 15.8 Å². The maximum atomic E-state index is 14.2. The quantitative estimate of drug-likeness (QED) is 0.853. The Morgan fingerprint density at radius 2 is 2.05 bits per heavy atom. The van der Waals surface area contributed by atoms with E-state index in [1.807, 2.05) is 18.7 Å². The van der Waals surface area contributed by atoms with Crippen LogP contribution < -0.4 is 11.1 Å². The highest BCUT2D eigenvalue weighted by Crippen LogP contribution is 2.24. The first-order valence-corrected chi connectivity index (χ1v) is 7.51. The molecule has 1 fully saturated rings. The highest BCUT2D eigenvalue weighted by molar-refractivity contribution is 5.83. The summed E-state index contributed by atoms with van der Waals surface area (Å²) in [5, 5.41) is 2.83. The summed E-state index contributed by atoms with van der Waals surface area (Å²) in [6.45, 7) is 6.28. The third-order valence-electron chi connectivity index (χ3n) is 3.58. The Morgan fingerprint density at radius 3 is 2.64 bits per heavy atom. The smallest absolute Gasteiger partial charge is 0.242 e. The van der Waals surface area contributed by atoms with Crippen molar-refractivity contribution in [2.24, 2.45) is 5.73 Å². The molecule has 0 bridgehead atoms. The van der Waals surface area contributed by atoms with E-state index >= 15 is 0 Å². The summed E-state index contributed by atoms with van der Waals surface area (Å²) >= 11 is 0. The standard InChI is InChI=1S/C16H24FN3O2/c1-16(2,18)11-19-15(21)14(20-7-9-22-10-8-20)12-5-3-4-6-13(12)17/h3-6,14H,7-11,18H2,1-2H3,(H,19,21). The SMILES string of the molecule is CC(C)(N)CNC(=O)C(c1ccccc1F)N1CCOCC1. The van der Waals surface area contributed by atoms with E-state index in [9.17, 15) is 9.18 Å². The van der Waals surface area contributed by atoms with Crippen LogP contribution >= 0.6 is 0 Å². The zero-order valence-electron chi connectivity index (χ0n) is 13.1. The summed E-state index contributed by atoms with van der Waals surface area (Å²) in [7, 11) is 0. The summed E-state index contributed by atoms with van der Waals surface area (Å²) < 4.78 is 19.5. The van der Waals surface area contributed by atoms with Gasteiger partial charge in [0.05, 0.1) is 13.2 Å². The molecule has 5 nitrogen and oxygen atoms in total. The molecule has 122 valence electrons. The number of hydrogen-bond acceptors (Lipinski definition) is 4. The van der Waals surface area contributed by atoms with Crippen molar-refractivity contribution in [3.8, 4) is 0 Å². The summed E-state index contributed by atoms with van der Waals surface area (Å²) in [6.07, 6.45) is 0. The molecule has 1 amide bonds. The molecule has 2 rings (SSSR count). The van der Waals surface area contributed by atoms with E-state index in [1.54, 1.807) is 18.2 Å². The van der Waals surface area contributed by atoms with E-state index in [-0.39, 0.29) is 11.7 Å². The highest BCUT2D eigenvalue weighted by Gasteiger charge is 2.31. The molecule has 1 aliphatic rings. The number of halogens is 1. The normalized spacial score (nSPS) is 18.0. The Morgan fingerprint density at radius 1 is 1.41 bits per heavy atom. The molecule has 0 aliphatic carbocycles. The fraction of sp³-hybridized carbons (Fsp3) is 0.562. The van der Waals surface area contributed by atoms with Gasteiger partial charge in [-0.15, -0.1) is 0 Å². The van der Waals surface area contributed by atoms with Gasteiger partial charge in [-0.3, -0.25) is 9.69 Å².